The Morgan fingerprint density at radius 1 is 1.19 bits per heavy atom. The molecule has 1 aromatic carbocycles. The smallest absolute Gasteiger partial charge is 0.311 e. The van der Waals surface area contributed by atoms with Crippen molar-refractivity contribution >= 4 is 5.69 Å². The zero-order valence-electron chi connectivity index (χ0n) is 10.8. The third-order valence-electron chi connectivity index (χ3n) is 3.15. The lowest BCUT2D eigenvalue weighted by atomic mass is 9.99. The Labute approximate surface area is 119 Å². The predicted octanol–water partition coefficient (Wildman–Crippen LogP) is -1.23. The monoisotopic (exact) mass is 301 g/mol. The van der Waals surface area contributed by atoms with Crippen molar-refractivity contribution < 1.29 is 34.8 Å². The second-order valence-corrected chi connectivity index (χ2v) is 4.54. The van der Waals surface area contributed by atoms with E-state index in [2.05, 4.69) is 0 Å². The first-order valence-corrected chi connectivity index (χ1v) is 6.16. The molecule has 0 amide bonds. The van der Waals surface area contributed by atoms with Gasteiger partial charge in [-0.05, 0) is 6.07 Å². The summed E-state index contributed by atoms with van der Waals surface area (Å²) in [6, 6.07) is 5.45. The Morgan fingerprint density at radius 3 is 2.48 bits per heavy atom. The number of nitrogens with zero attached hydrogens (tertiary/aromatic N) is 1. The predicted molar refractivity (Wildman–Crippen MR) is 67.5 cm³/mol. The largest absolute Gasteiger partial charge is 0.455 e. The average molecular weight is 301 g/mol. The van der Waals surface area contributed by atoms with Gasteiger partial charge >= 0.3 is 5.69 Å². The van der Waals surface area contributed by atoms with Gasteiger partial charge in [0.15, 0.2) is 5.75 Å². The number of nitro groups is 1. The van der Waals surface area contributed by atoms with E-state index in [1.807, 2.05) is 0 Å². The molecule has 1 aliphatic heterocycles. The lowest BCUT2D eigenvalue weighted by Gasteiger charge is -2.39. The van der Waals surface area contributed by atoms with Crippen LogP contribution in [0.4, 0.5) is 5.69 Å². The zero-order valence-corrected chi connectivity index (χ0v) is 10.8. The molecule has 9 nitrogen and oxygen atoms in total. The third kappa shape index (κ3) is 3.12. The highest BCUT2D eigenvalue weighted by Gasteiger charge is 2.45. The van der Waals surface area contributed by atoms with Gasteiger partial charge in [-0.3, -0.25) is 10.1 Å². The fourth-order valence-corrected chi connectivity index (χ4v) is 2.00. The first-order valence-electron chi connectivity index (χ1n) is 6.16. The van der Waals surface area contributed by atoms with Gasteiger partial charge in [0.05, 0.1) is 11.5 Å². The van der Waals surface area contributed by atoms with E-state index in [1.54, 1.807) is 0 Å². The van der Waals surface area contributed by atoms with Crippen molar-refractivity contribution in [1.82, 2.24) is 0 Å². The summed E-state index contributed by atoms with van der Waals surface area (Å²) in [7, 11) is 0. The second kappa shape index (κ2) is 6.33. The normalized spacial score (nSPS) is 32.7. The summed E-state index contributed by atoms with van der Waals surface area (Å²) in [6.07, 6.45) is -7.35. The first-order chi connectivity index (χ1) is 9.95. The van der Waals surface area contributed by atoms with Crippen LogP contribution in [0.1, 0.15) is 0 Å². The van der Waals surface area contributed by atoms with Crippen LogP contribution in [0.3, 0.4) is 0 Å². The Morgan fingerprint density at radius 2 is 1.86 bits per heavy atom. The van der Waals surface area contributed by atoms with Crippen LogP contribution in [0.15, 0.2) is 24.3 Å². The van der Waals surface area contributed by atoms with E-state index < -0.39 is 42.2 Å². The molecule has 0 aromatic heterocycles. The molecule has 1 saturated heterocycles. The molecular formula is C12H15NO8. The fraction of sp³-hybridized carbons (Fsp3) is 0.500. The fourth-order valence-electron chi connectivity index (χ4n) is 2.00. The topological polar surface area (TPSA) is 143 Å². The lowest BCUT2D eigenvalue weighted by molar-refractivity contribution is -0.387. The Bertz CT molecular complexity index is 508. The van der Waals surface area contributed by atoms with E-state index >= 15 is 0 Å². The van der Waals surface area contributed by atoms with Crippen molar-refractivity contribution in [2.45, 2.75) is 30.7 Å². The van der Waals surface area contributed by atoms with Crippen LogP contribution in [-0.4, -0.2) is 62.7 Å². The van der Waals surface area contributed by atoms with Crippen molar-refractivity contribution in [1.29, 1.82) is 0 Å². The average Bonchev–Trinajstić information content (AvgIpc) is 2.48. The van der Waals surface area contributed by atoms with Gasteiger partial charge in [0, 0.05) is 6.07 Å². The summed E-state index contributed by atoms with van der Waals surface area (Å²) in [5.74, 6) is -0.160. The molecular weight excluding hydrogens is 286 g/mol. The zero-order chi connectivity index (χ0) is 15.6. The second-order valence-electron chi connectivity index (χ2n) is 4.54. The van der Waals surface area contributed by atoms with E-state index in [0.29, 0.717) is 0 Å². The molecule has 1 heterocycles. The summed E-state index contributed by atoms with van der Waals surface area (Å²) >= 11 is 0. The van der Waals surface area contributed by atoms with Crippen LogP contribution in [0.5, 0.6) is 5.75 Å². The molecule has 1 aliphatic rings. The SMILES string of the molecule is O=[N+]([O-])c1ccccc1O[C@@H]1OC(CO)[C@H](O)[C@H](O)C1O. The van der Waals surface area contributed by atoms with Gasteiger partial charge in [-0.15, -0.1) is 0 Å². The minimum absolute atomic E-state index is 0.160. The number of nitro benzene ring substituents is 1. The van der Waals surface area contributed by atoms with E-state index in [4.69, 9.17) is 14.6 Å². The maximum Gasteiger partial charge on any atom is 0.311 e. The van der Waals surface area contributed by atoms with Crippen molar-refractivity contribution in [2.75, 3.05) is 6.61 Å². The number of aliphatic hydroxyl groups excluding tert-OH is 4. The quantitative estimate of drug-likeness (QED) is 0.400. The number of para-hydroxylation sites is 2. The molecule has 1 aromatic rings. The summed E-state index contributed by atoms with van der Waals surface area (Å²) < 4.78 is 10.3. The third-order valence-corrected chi connectivity index (χ3v) is 3.15. The van der Waals surface area contributed by atoms with Gasteiger partial charge in [0.1, 0.15) is 24.4 Å². The standard InChI is InChI=1S/C12H15NO8/c14-5-8-9(15)10(16)11(17)12(21-8)20-7-4-2-1-3-6(7)13(18)19/h1-4,8-12,14-17H,5H2/t8?,9-,10-,11?,12+/m0/s1. The molecule has 9 heteroatoms. The van der Waals surface area contributed by atoms with Crippen LogP contribution in [-0.2, 0) is 4.74 Å². The number of rotatable bonds is 4. The molecule has 2 unspecified atom stereocenters. The van der Waals surface area contributed by atoms with Gasteiger partial charge in [-0.25, -0.2) is 0 Å². The van der Waals surface area contributed by atoms with Gasteiger partial charge in [-0.1, -0.05) is 12.1 Å². The van der Waals surface area contributed by atoms with Gasteiger partial charge in [0.25, 0.3) is 0 Å². The maximum absolute atomic E-state index is 10.9. The molecule has 4 N–H and O–H groups in total. The Balaban J connectivity index is 2.20. The van der Waals surface area contributed by atoms with Gasteiger partial charge < -0.3 is 29.9 Å². The molecule has 116 valence electrons. The van der Waals surface area contributed by atoms with Crippen molar-refractivity contribution in [3.63, 3.8) is 0 Å². The van der Waals surface area contributed by atoms with Crippen molar-refractivity contribution in [3.05, 3.63) is 34.4 Å². The number of aliphatic hydroxyl groups is 4. The number of ether oxygens (including phenoxy) is 2. The highest BCUT2D eigenvalue weighted by Crippen LogP contribution is 2.30. The Hall–Kier alpha value is -1.78. The summed E-state index contributed by atoms with van der Waals surface area (Å²) in [5, 5.41) is 49.0. The molecule has 0 aliphatic carbocycles. The molecule has 0 bridgehead atoms. The minimum atomic E-state index is -1.62. The molecule has 2 rings (SSSR count). The van der Waals surface area contributed by atoms with E-state index in [9.17, 15) is 25.4 Å². The first kappa shape index (κ1) is 15.6. The van der Waals surface area contributed by atoms with E-state index in [0.717, 1.165) is 0 Å². The van der Waals surface area contributed by atoms with E-state index in [1.165, 1.54) is 24.3 Å². The van der Waals surface area contributed by atoms with Crippen molar-refractivity contribution in [3.8, 4) is 5.75 Å². The molecule has 0 saturated carbocycles. The van der Waals surface area contributed by atoms with Crippen LogP contribution < -0.4 is 4.74 Å². The Kier molecular flexibility index (Phi) is 4.70. The molecule has 0 radical (unpaired) electrons. The maximum atomic E-state index is 10.9. The highest BCUT2D eigenvalue weighted by molar-refractivity contribution is 5.45. The van der Waals surface area contributed by atoms with Gasteiger partial charge in [-0.2, -0.15) is 0 Å². The van der Waals surface area contributed by atoms with Crippen LogP contribution >= 0.6 is 0 Å². The molecule has 0 spiro atoms. The van der Waals surface area contributed by atoms with Crippen LogP contribution in [0.25, 0.3) is 0 Å². The molecule has 21 heavy (non-hydrogen) atoms. The minimum Gasteiger partial charge on any atom is -0.455 e. The summed E-state index contributed by atoms with van der Waals surface area (Å²) in [4.78, 5) is 10.2. The number of benzene rings is 1. The van der Waals surface area contributed by atoms with Crippen molar-refractivity contribution in [2.24, 2.45) is 0 Å². The molecule has 5 atom stereocenters. The number of hydrogen-bond acceptors (Lipinski definition) is 8. The number of hydrogen-bond donors (Lipinski definition) is 4. The van der Waals surface area contributed by atoms with Crippen LogP contribution in [0, 0.1) is 10.1 Å². The lowest BCUT2D eigenvalue weighted by Crippen LogP contribution is -2.60. The highest BCUT2D eigenvalue weighted by atomic mass is 16.7. The van der Waals surface area contributed by atoms with Gasteiger partial charge in [0.2, 0.25) is 6.29 Å². The molecule has 1 fully saturated rings. The summed E-state index contributed by atoms with van der Waals surface area (Å²) in [6.45, 7) is -0.609. The van der Waals surface area contributed by atoms with E-state index in [-0.39, 0.29) is 11.4 Å². The van der Waals surface area contributed by atoms with Crippen LogP contribution in [0.2, 0.25) is 0 Å². The summed E-state index contributed by atoms with van der Waals surface area (Å²) in [5.41, 5.74) is -0.338.